The van der Waals surface area contributed by atoms with Gasteiger partial charge in [-0.2, -0.15) is 0 Å². The predicted octanol–water partition coefficient (Wildman–Crippen LogP) is 7.14. The second kappa shape index (κ2) is 10.8. The van der Waals surface area contributed by atoms with Crippen LogP contribution in [0.25, 0.3) is 17.2 Å². The molecule has 2 atom stereocenters. The molecule has 0 bridgehead atoms. The number of likely N-dealkylation sites (tertiary alicyclic amines) is 1. The number of benzene rings is 3. The first-order valence-electron chi connectivity index (χ1n) is 11.6. The molecule has 0 aliphatic carbocycles. The molecule has 0 aromatic heterocycles. The zero-order chi connectivity index (χ0) is 23.2. The number of rotatable bonds is 6. The monoisotopic (exact) mass is 458 g/mol. The van der Waals surface area contributed by atoms with Crippen LogP contribution in [0.4, 0.5) is 5.69 Å². The van der Waals surface area contributed by atoms with Crippen LogP contribution in [-0.2, 0) is 11.3 Å². The molecule has 33 heavy (non-hydrogen) atoms. The molecule has 1 N–H and O–H groups in total. The van der Waals surface area contributed by atoms with Crippen LogP contribution in [-0.4, -0.2) is 23.9 Å². The number of piperidine rings is 1. The van der Waals surface area contributed by atoms with Crippen molar-refractivity contribution in [3.63, 3.8) is 0 Å². The zero-order valence-electron chi connectivity index (χ0n) is 19.3. The fourth-order valence-electron chi connectivity index (χ4n) is 4.66. The van der Waals surface area contributed by atoms with Gasteiger partial charge in [-0.1, -0.05) is 74.0 Å². The molecule has 0 saturated carbocycles. The van der Waals surface area contributed by atoms with Crippen LogP contribution in [0.2, 0.25) is 5.02 Å². The second-order valence-electron chi connectivity index (χ2n) is 9.29. The number of nitrogens with one attached hydrogen (secondary N) is 1. The van der Waals surface area contributed by atoms with Crippen molar-refractivity contribution in [1.29, 1.82) is 0 Å². The molecule has 3 nitrogen and oxygen atoms in total. The van der Waals surface area contributed by atoms with E-state index in [4.69, 9.17) is 11.6 Å². The van der Waals surface area contributed by atoms with Crippen LogP contribution in [0.1, 0.15) is 31.4 Å². The summed E-state index contributed by atoms with van der Waals surface area (Å²) in [6.07, 6.45) is 4.76. The van der Waals surface area contributed by atoms with E-state index < -0.39 is 0 Å². The minimum atomic E-state index is -0.144. The van der Waals surface area contributed by atoms with Gasteiger partial charge in [-0.25, -0.2) is 0 Å². The largest absolute Gasteiger partial charge is 0.323 e. The Bertz CT molecular complexity index is 1080. The van der Waals surface area contributed by atoms with Crippen molar-refractivity contribution >= 4 is 29.3 Å². The number of hydrogen-bond donors (Lipinski definition) is 1. The normalized spacial score (nSPS) is 19.0. The molecular weight excluding hydrogens is 428 g/mol. The van der Waals surface area contributed by atoms with Crippen LogP contribution in [0.3, 0.4) is 0 Å². The van der Waals surface area contributed by atoms with Gasteiger partial charge < -0.3 is 5.32 Å². The van der Waals surface area contributed by atoms with Gasteiger partial charge in [-0.05, 0) is 70.9 Å². The Morgan fingerprint density at radius 1 is 0.909 bits per heavy atom. The van der Waals surface area contributed by atoms with Gasteiger partial charge in [0.25, 0.3) is 0 Å². The Hall–Kier alpha value is -2.88. The van der Waals surface area contributed by atoms with E-state index in [-0.39, 0.29) is 5.91 Å². The standard InChI is InChI=1S/C29H31ClN2O/c1-21-17-22(2)19-32(18-21)20-24-5-3-23(4-6-24)7-16-29(33)31-28-14-10-26(11-15-28)25-8-12-27(30)13-9-25/h3-16,21-22H,17-20H2,1-2H3,(H,31,33)/t21-,22+. The van der Waals surface area contributed by atoms with Crippen molar-refractivity contribution in [3.8, 4) is 11.1 Å². The third-order valence-electron chi connectivity index (χ3n) is 6.09. The summed E-state index contributed by atoms with van der Waals surface area (Å²) in [5, 5.41) is 3.64. The van der Waals surface area contributed by atoms with Gasteiger partial charge in [0.2, 0.25) is 5.91 Å². The predicted molar refractivity (Wildman–Crippen MR) is 139 cm³/mol. The Balaban J connectivity index is 1.29. The van der Waals surface area contributed by atoms with E-state index in [2.05, 4.69) is 48.3 Å². The molecule has 3 aromatic carbocycles. The van der Waals surface area contributed by atoms with Crippen LogP contribution in [0, 0.1) is 11.8 Å². The lowest BCUT2D eigenvalue weighted by molar-refractivity contribution is -0.111. The van der Waals surface area contributed by atoms with Gasteiger partial charge in [0, 0.05) is 36.4 Å². The quantitative estimate of drug-likeness (QED) is 0.398. The summed E-state index contributed by atoms with van der Waals surface area (Å²) in [5.74, 6) is 1.39. The van der Waals surface area contributed by atoms with Crippen molar-refractivity contribution in [1.82, 2.24) is 4.90 Å². The number of anilines is 1. The van der Waals surface area contributed by atoms with E-state index >= 15 is 0 Å². The first kappa shape index (κ1) is 23.3. The summed E-state index contributed by atoms with van der Waals surface area (Å²) in [6, 6.07) is 24.0. The van der Waals surface area contributed by atoms with Crippen LogP contribution >= 0.6 is 11.6 Å². The maximum atomic E-state index is 12.4. The lowest BCUT2D eigenvalue weighted by atomic mass is 9.91. The summed E-state index contributed by atoms with van der Waals surface area (Å²) < 4.78 is 0. The molecule has 0 unspecified atom stereocenters. The first-order valence-corrected chi connectivity index (χ1v) is 12.0. The van der Waals surface area contributed by atoms with Crippen molar-refractivity contribution in [2.75, 3.05) is 18.4 Å². The van der Waals surface area contributed by atoms with Crippen LogP contribution in [0.5, 0.6) is 0 Å². The average Bonchev–Trinajstić information content (AvgIpc) is 2.79. The molecule has 0 radical (unpaired) electrons. The number of carbonyl (C=O) groups excluding carboxylic acids is 1. The summed E-state index contributed by atoms with van der Waals surface area (Å²) in [5.41, 5.74) is 5.27. The topological polar surface area (TPSA) is 32.3 Å². The first-order chi connectivity index (χ1) is 15.9. The van der Waals surface area contributed by atoms with Gasteiger partial charge in [-0.3, -0.25) is 9.69 Å². The van der Waals surface area contributed by atoms with Crippen molar-refractivity contribution in [2.24, 2.45) is 11.8 Å². The molecule has 1 aliphatic heterocycles. The van der Waals surface area contributed by atoms with Crippen molar-refractivity contribution in [2.45, 2.75) is 26.8 Å². The Morgan fingerprint density at radius 3 is 2.09 bits per heavy atom. The Kier molecular flexibility index (Phi) is 7.64. The molecule has 4 rings (SSSR count). The third kappa shape index (κ3) is 6.80. The van der Waals surface area contributed by atoms with E-state index in [1.165, 1.54) is 25.1 Å². The SMILES string of the molecule is C[C@@H]1C[C@H](C)CN(Cc2ccc(C=CC(=O)Nc3ccc(-c4ccc(Cl)cc4)cc3)cc2)C1. The Labute approximate surface area is 202 Å². The zero-order valence-corrected chi connectivity index (χ0v) is 20.1. The molecule has 0 spiro atoms. The number of amides is 1. The molecule has 1 fully saturated rings. The highest BCUT2D eigenvalue weighted by Crippen LogP contribution is 2.24. The molecule has 3 aromatic rings. The van der Waals surface area contributed by atoms with Gasteiger partial charge in [-0.15, -0.1) is 0 Å². The number of nitrogens with zero attached hydrogens (tertiary/aromatic N) is 1. The number of hydrogen-bond acceptors (Lipinski definition) is 2. The second-order valence-corrected chi connectivity index (χ2v) is 9.72. The van der Waals surface area contributed by atoms with Gasteiger partial charge in [0.1, 0.15) is 0 Å². The fraction of sp³-hybridized carbons (Fsp3) is 0.276. The lowest BCUT2D eigenvalue weighted by Gasteiger charge is -2.35. The average molecular weight is 459 g/mol. The number of halogens is 1. The van der Waals surface area contributed by atoms with Crippen molar-refractivity contribution in [3.05, 3.63) is 95.0 Å². The highest BCUT2D eigenvalue weighted by atomic mass is 35.5. The van der Waals surface area contributed by atoms with Crippen molar-refractivity contribution < 1.29 is 4.79 Å². The molecular formula is C29H31ClN2O. The van der Waals surface area contributed by atoms with E-state index in [1.807, 2.05) is 54.6 Å². The van der Waals surface area contributed by atoms with Gasteiger partial charge in [0.15, 0.2) is 0 Å². The molecule has 170 valence electrons. The molecule has 4 heteroatoms. The number of carbonyl (C=O) groups is 1. The minimum Gasteiger partial charge on any atom is -0.323 e. The lowest BCUT2D eigenvalue weighted by Crippen LogP contribution is -2.38. The molecule has 1 aliphatic rings. The molecule has 1 saturated heterocycles. The summed E-state index contributed by atoms with van der Waals surface area (Å²) >= 11 is 5.96. The van der Waals surface area contributed by atoms with E-state index in [1.54, 1.807) is 6.08 Å². The van der Waals surface area contributed by atoms with E-state index in [0.717, 1.165) is 45.8 Å². The molecule has 1 amide bonds. The maximum absolute atomic E-state index is 12.4. The fourth-order valence-corrected chi connectivity index (χ4v) is 4.78. The van der Waals surface area contributed by atoms with E-state index in [9.17, 15) is 4.79 Å². The molecule has 1 heterocycles. The summed E-state index contributed by atoms with van der Waals surface area (Å²) in [6.45, 7) is 8.02. The third-order valence-corrected chi connectivity index (χ3v) is 6.34. The van der Waals surface area contributed by atoms with Gasteiger partial charge >= 0.3 is 0 Å². The Morgan fingerprint density at radius 2 is 1.48 bits per heavy atom. The van der Waals surface area contributed by atoms with Crippen LogP contribution < -0.4 is 5.32 Å². The summed E-state index contributed by atoms with van der Waals surface area (Å²) in [4.78, 5) is 14.9. The highest BCUT2D eigenvalue weighted by Gasteiger charge is 2.21. The maximum Gasteiger partial charge on any atom is 0.248 e. The summed E-state index contributed by atoms with van der Waals surface area (Å²) in [7, 11) is 0. The highest BCUT2D eigenvalue weighted by molar-refractivity contribution is 6.30. The van der Waals surface area contributed by atoms with Gasteiger partial charge in [0.05, 0.1) is 0 Å². The van der Waals surface area contributed by atoms with E-state index in [0.29, 0.717) is 0 Å². The minimum absolute atomic E-state index is 0.144. The van der Waals surface area contributed by atoms with Crippen LogP contribution in [0.15, 0.2) is 78.9 Å². The smallest absolute Gasteiger partial charge is 0.248 e.